The lowest BCUT2D eigenvalue weighted by atomic mass is 9.76. The molecule has 1 saturated carbocycles. The summed E-state index contributed by atoms with van der Waals surface area (Å²) < 4.78 is 5.27. The minimum atomic E-state index is -1.58. The van der Waals surface area contributed by atoms with Crippen LogP contribution in [0.4, 0.5) is 0 Å². The highest BCUT2D eigenvalue weighted by Crippen LogP contribution is 2.37. The van der Waals surface area contributed by atoms with Crippen LogP contribution in [0, 0.1) is 5.41 Å². The summed E-state index contributed by atoms with van der Waals surface area (Å²) in [6.07, 6.45) is 3.27. The summed E-state index contributed by atoms with van der Waals surface area (Å²) in [5.74, 6) is -1.86. The first-order valence-electron chi connectivity index (χ1n) is 6.42. The first-order valence-corrected chi connectivity index (χ1v) is 6.42. The highest BCUT2D eigenvalue weighted by Gasteiger charge is 2.53. The van der Waals surface area contributed by atoms with Gasteiger partial charge in [0.05, 0.1) is 0 Å². The molecular formula is C13H23NO4. The van der Waals surface area contributed by atoms with Crippen molar-refractivity contribution in [3.63, 3.8) is 0 Å². The Labute approximate surface area is 108 Å². The summed E-state index contributed by atoms with van der Waals surface area (Å²) in [5, 5.41) is 9.47. The summed E-state index contributed by atoms with van der Waals surface area (Å²) in [6, 6.07) is -0.674. The Hall–Kier alpha value is -1.10. The van der Waals surface area contributed by atoms with Gasteiger partial charge < -0.3 is 15.6 Å². The predicted molar refractivity (Wildman–Crippen MR) is 67.0 cm³/mol. The minimum Gasteiger partial charge on any atom is -0.480 e. The molecule has 0 aliphatic heterocycles. The maximum Gasteiger partial charge on any atom is 0.325 e. The van der Waals surface area contributed by atoms with E-state index in [1.807, 2.05) is 0 Å². The second-order valence-electron chi connectivity index (χ2n) is 5.98. The number of carboxylic acids is 1. The summed E-state index contributed by atoms with van der Waals surface area (Å²) in [6.45, 7) is 5.17. The molecule has 1 aliphatic rings. The molecule has 0 aromatic heterocycles. The zero-order chi connectivity index (χ0) is 14.0. The van der Waals surface area contributed by atoms with Crippen molar-refractivity contribution in [3.05, 3.63) is 0 Å². The summed E-state index contributed by atoms with van der Waals surface area (Å²) in [7, 11) is 0. The van der Waals surface area contributed by atoms with Crippen LogP contribution in [0.1, 0.15) is 52.9 Å². The summed E-state index contributed by atoms with van der Waals surface area (Å²) in [4.78, 5) is 23.8. The predicted octanol–water partition coefficient (Wildman–Crippen LogP) is 1.69. The number of rotatable bonds is 2. The Morgan fingerprint density at radius 2 is 1.89 bits per heavy atom. The molecule has 0 amide bonds. The van der Waals surface area contributed by atoms with Crippen LogP contribution in [-0.2, 0) is 14.3 Å². The molecule has 3 N–H and O–H groups in total. The Morgan fingerprint density at radius 1 is 1.28 bits per heavy atom. The fraction of sp³-hybridized carbons (Fsp3) is 0.846. The third kappa shape index (κ3) is 3.02. The lowest BCUT2D eigenvalue weighted by Gasteiger charge is -2.34. The van der Waals surface area contributed by atoms with Crippen LogP contribution in [0.5, 0.6) is 0 Å². The van der Waals surface area contributed by atoms with Gasteiger partial charge in [-0.15, -0.1) is 0 Å². The smallest absolute Gasteiger partial charge is 0.325 e. The van der Waals surface area contributed by atoms with E-state index in [2.05, 4.69) is 0 Å². The van der Waals surface area contributed by atoms with Crippen molar-refractivity contribution in [2.75, 3.05) is 0 Å². The largest absolute Gasteiger partial charge is 0.480 e. The van der Waals surface area contributed by atoms with Crippen LogP contribution in [0.3, 0.4) is 0 Å². The van der Waals surface area contributed by atoms with Gasteiger partial charge >= 0.3 is 11.9 Å². The molecule has 0 spiro atoms. The molecule has 1 fully saturated rings. The number of carboxylic acid groups (broad SMARTS) is 1. The number of esters is 1. The van der Waals surface area contributed by atoms with Crippen LogP contribution < -0.4 is 5.73 Å². The third-order valence-electron chi connectivity index (χ3n) is 3.36. The van der Waals surface area contributed by atoms with E-state index < -0.39 is 29.0 Å². The van der Waals surface area contributed by atoms with Crippen molar-refractivity contribution in [3.8, 4) is 0 Å². The quantitative estimate of drug-likeness (QED) is 0.446. The first-order chi connectivity index (χ1) is 8.20. The van der Waals surface area contributed by atoms with Gasteiger partial charge in [-0.1, -0.05) is 19.3 Å². The zero-order valence-electron chi connectivity index (χ0n) is 11.4. The van der Waals surface area contributed by atoms with Gasteiger partial charge in [-0.2, -0.15) is 0 Å². The molecule has 0 saturated heterocycles. The van der Waals surface area contributed by atoms with Crippen LogP contribution in [0.25, 0.3) is 0 Å². The molecule has 0 heterocycles. The Balaban J connectivity index is 3.05. The average molecular weight is 257 g/mol. The molecule has 0 bridgehead atoms. The minimum absolute atomic E-state index is 0.262. The van der Waals surface area contributed by atoms with Crippen LogP contribution in [0.15, 0.2) is 0 Å². The van der Waals surface area contributed by atoms with E-state index in [1.54, 1.807) is 20.8 Å². The number of aliphatic carboxylic acids is 1. The van der Waals surface area contributed by atoms with Crippen LogP contribution >= 0.6 is 0 Å². The Kier molecular flexibility index (Phi) is 4.37. The topological polar surface area (TPSA) is 89.6 Å². The van der Waals surface area contributed by atoms with E-state index in [-0.39, 0.29) is 6.42 Å². The van der Waals surface area contributed by atoms with E-state index >= 15 is 0 Å². The van der Waals surface area contributed by atoms with Gasteiger partial charge in [-0.3, -0.25) is 9.59 Å². The van der Waals surface area contributed by atoms with Gasteiger partial charge in [-0.25, -0.2) is 0 Å². The molecule has 5 heteroatoms. The maximum absolute atomic E-state index is 12.3. The maximum atomic E-state index is 12.3. The molecule has 18 heavy (non-hydrogen) atoms. The SMILES string of the molecule is CC(C)(C)OC(=O)[C@]1(C(=O)O)CCCCC[C@@H]1N. The molecular weight excluding hydrogens is 234 g/mol. The van der Waals surface area contributed by atoms with E-state index in [0.717, 1.165) is 12.8 Å². The van der Waals surface area contributed by atoms with Crippen molar-refractivity contribution in [2.45, 2.75) is 64.5 Å². The summed E-state index contributed by atoms with van der Waals surface area (Å²) in [5.41, 5.74) is 3.67. The molecule has 104 valence electrons. The molecule has 0 unspecified atom stereocenters. The van der Waals surface area contributed by atoms with Gasteiger partial charge in [0.15, 0.2) is 5.41 Å². The highest BCUT2D eigenvalue weighted by atomic mass is 16.6. The van der Waals surface area contributed by atoms with Crippen molar-refractivity contribution < 1.29 is 19.4 Å². The van der Waals surface area contributed by atoms with Crippen LogP contribution in [-0.4, -0.2) is 28.7 Å². The Morgan fingerprint density at radius 3 is 2.39 bits per heavy atom. The Bertz CT molecular complexity index is 334. The molecule has 0 aromatic carbocycles. The average Bonchev–Trinajstić information content (AvgIpc) is 2.37. The van der Waals surface area contributed by atoms with E-state index in [4.69, 9.17) is 10.5 Å². The lowest BCUT2D eigenvalue weighted by molar-refractivity contribution is -0.179. The van der Waals surface area contributed by atoms with Gasteiger partial charge in [0.1, 0.15) is 5.60 Å². The van der Waals surface area contributed by atoms with E-state index in [0.29, 0.717) is 12.8 Å². The van der Waals surface area contributed by atoms with Crippen molar-refractivity contribution >= 4 is 11.9 Å². The molecule has 2 atom stereocenters. The number of carbonyl (C=O) groups excluding carboxylic acids is 1. The molecule has 5 nitrogen and oxygen atoms in total. The second-order valence-corrected chi connectivity index (χ2v) is 5.98. The molecule has 0 radical (unpaired) electrons. The fourth-order valence-electron chi connectivity index (χ4n) is 2.35. The molecule has 1 rings (SSSR count). The number of hydrogen-bond donors (Lipinski definition) is 2. The van der Waals surface area contributed by atoms with Crippen molar-refractivity contribution in [1.82, 2.24) is 0 Å². The lowest BCUT2D eigenvalue weighted by Crippen LogP contribution is -2.54. The van der Waals surface area contributed by atoms with Gasteiger partial charge in [0.2, 0.25) is 0 Å². The van der Waals surface area contributed by atoms with Gasteiger partial charge in [-0.05, 0) is 33.6 Å². The second kappa shape index (κ2) is 5.26. The van der Waals surface area contributed by atoms with Gasteiger partial charge in [0, 0.05) is 6.04 Å². The fourth-order valence-corrected chi connectivity index (χ4v) is 2.35. The zero-order valence-corrected chi connectivity index (χ0v) is 11.4. The summed E-state index contributed by atoms with van der Waals surface area (Å²) >= 11 is 0. The van der Waals surface area contributed by atoms with Gasteiger partial charge in [0.25, 0.3) is 0 Å². The number of ether oxygens (including phenoxy) is 1. The number of carbonyl (C=O) groups is 2. The standard InChI is InChI=1S/C13H23NO4/c1-12(2,3)18-11(17)13(10(15)16)8-6-4-5-7-9(13)14/h9H,4-8,14H2,1-3H3,(H,15,16)/t9-,13+/m0/s1. The highest BCUT2D eigenvalue weighted by molar-refractivity contribution is 6.00. The van der Waals surface area contributed by atoms with E-state index in [1.165, 1.54) is 0 Å². The molecule has 1 aliphatic carbocycles. The van der Waals surface area contributed by atoms with Crippen molar-refractivity contribution in [1.29, 1.82) is 0 Å². The first kappa shape index (κ1) is 15.0. The molecule has 0 aromatic rings. The monoisotopic (exact) mass is 257 g/mol. The normalized spacial score (nSPS) is 29.4. The number of hydrogen-bond acceptors (Lipinski definition) is 4. The third-order valence-corrected chi connectivity index (χ3v) is 3.36. The van der Waals surface area contributed by atoms with Crippen molar-refractivity contribution in [2.24, 2.45) is 11.1 Å². The van der Waals surface area contributed by atoms with Crippen LogP contribution in [0.2, 0.25) is 0 Å². The number of nitrogens with two attached hydrogens (primary N) is 1. The van der Waals surface area contributed by atoms with E-state index in [9.17, 15) is 14.7 Å².